The number of piperidine rings is 1. The van der Waals surface area contributed by atoms with E-state index in [1.807, 2.05) is 0 Å². The van der Waals surface area contributed by atoms with Crippen LogP contribution in [0.15, 0.2) is 4.99 Å². The number of nitrogens with zero attached hydrogens (tertiary/aromatic N) is 2. The highest BCUT2D eigenvalue weighted by Crippen LogP contribution is 2.18. The Balaban J connectivity index is 0.00000312. The Hall–Kier alpha value is -0.0800. The van der Waals surface area contributed by atoms with Crippen LogP contribution in [-0.4, -0.2) is 60.8 Å². The van der Waals surface area contributed by atoms with E-state index >= 15 is 0 Å². The molecule has 25 heavy (non-hydrogen) atoms. The largest absolute Gasteiger partial charge is 0.393 e. The predicted molar refractivity (Wildman–Crippen MR) is 117 cm³/mol. The van der Waals surface area contributed by atoms with E-state index in [9.17, 15) is 5.11 Å². The maximum Gasteiger partial charge on any atom is 0.191 e. The van der Waals surface area contributed by atoms with E-state index in [0.29, 0.717) is 6.04 Å². The molecule has 0 radical (unpaired) electrons. The van der Waals surface area contributed by atoms with E-state index in [4.69, 9.17) is 4.99 Å². The molecule has 1 aliphatic heterocycles. The fourth-order valence-corrected chi connectivity index (χ4v) is 3.86. The van der Waals surface area contributed by atoms with Gasteiger partial charge < -0.3 is 20.6 Å². The van der Waals surface area contributed by atoms with Gasteiger partial charge in [0.25, 0.3) is 0 Å². The third kappa shape index (κ3) is 9.43. The summed E-state index contributed by atoms with van der Waals surface area (Å²) in [5.74, 6) is 1.82. The van der Waals surface area contributed by atoms with Crippen molar-refractivity contribution < 1.29 is 5.11 Å². The van der Waals surface area contributed by atoms with Gasteiger partial charge in [0.15, 0.2) is 5.96 Å². The van der Waals surface area contributed by atoms with Crippen LogP contribution < -0.4 is 10.6 Å². The minimum atomic E-state index is -0.0971. The Morgan fingerprint density at radius 3 is 2.60 bits per heavy atom. The molecule has 6 heteroatoms. The summed E-state index contributed by atoms with van der Waals surface area (Å²) >= 11 is 0. The highest BCUT2D eigenvalue weighted by atomic mass is 127. The van der Waals surface area contributed by atoms with Crippen molar-refractivity contribution >= 4 is 29.9 Å². The maximum absolute atomic E-state index is 9.61. The third-order valence-electron chi connectivity index (χ3n) is 5.28. The number of aliphatic imine (C=N–C) groups is 1. The first-order valence-electron chi connectivity index (χ1n) is 10.1. The summed E-state index contributed by atoms with van der Waals surface area (Å²) in [6.45, 7) is 10.1. The standard InChI is InChI=1S/C19H38N4O.HI/c1-3-20-19(22-17-8-10-18(24)11-9-17)21-12-4-5-13-23-14-6-7-16(2)15-23;/h16-18,24H,3-15H2,1-2H3,(H2,20,21,22);1H. The van der Waals surface area contributed by atoms with Crippen LogP contribution in [0.1, 0.15) is 65.2 Å². The fourth-order valence-electron chi connectivity index (χ4n) is 3.86. The number of likely N-dealkylation sites (tertiary alicyclic amines) is 1. The van der Waals surface area contributed by atoms with Gasteiger partial charge in [0.05, 0.1) is 6.10 Å². The molecule has 1 saturated carbocycles. The van der Waals surface area contributed by atoms with Gasteiger partial charge in [-0.2, -0.15) is 0 Å². The molecule has 0 aromatic heterocycles. The zero-order valence-electron chi connectivity index (χ0n) is 16.2. The molecule has 0 spiro atoms. The molecule has 0 aromatic rings. The molecule has 0 amide bonds. The van der Waals surface area contributed by atoms with Gasteiger partial charge in [-0.15, -0.1) is 24.0 Å². The number of aliphatic hydroxyl groups is 1. The number of unbranched alkanes of at least 4 members (excludes halogenated alkanes) is 1. The number of rotatable bonds is 7. The number of nitrogens with one attached hydrogen (secondary N) is 2. The van der Waals surface area contributed by atoms with E-state index in [1.165, 1.54) is 38.9 Å². The quantitative estimate of drug-likeness (QED) is 0.234. The van der Waals surface area contributed by atoms with Crippen molar-refractivity contribution in [2.45, 2.75) is 77.4 Å². The molecule has 1 unspecified atom stereocenters. The number of guanidine groups is 1. The van der Waals surface area contributed by atoms with E-state index in [0.717, 1.165) is 57.1 Å². The van der Waals surface area contributed by atoms with Gasteiger partial charge in [-0.3, -0.25) is 4.99 Å². The molecule has 0 aromatic carbocycles. The van der Waals surface area contributed by atoms with Crippen molar-refractivity contribution in [1.29, 1.82) is 0 Å². The Labute approximate surface area is 171 Å². The lowest BCUT2D eigenvalue weighted by Crippen LogP contribution is -2.45. The summed E-state index contributed by atoms with van der Waals surface area (Å²) in [5, 5.41) is 16.5. The van der Waals surface area contributed by atoms with Gasteiger partial charge in [0, 0.05) is 25.7 Å². The second-order valence-electron chi connectivity index (χ2n) is 7.67. The van der Waals surface area contributed by atoms with Crippen molar-refractivity contribution in [3.8, 4) is 0 Å². The van der Waals surface area contributed by atoms with E-state index in [-0.39, 0.29) is 30.1 Å². The molecule has 1 saturated heterocycles. The van der Waals surface area contributed by atoms with Gasteiger partial charge in [0.2, 0.25) is 0 Å². The molecule has 148 valence electrons. The van der Waals surface area contributed by atoms with Gasteiger partial charge >= 0.3 is 0 Å². The molecule has 5 nitrogen and oxygen atoms in total. The molecule has 2 fully saturated rings. The molecule has 0 bridgehead atoms. The average molecular weight is 466 g/mol. The van der Waals surface area contributed by atoms with Crippen molar-refractivity contribution in [1.82, 2.24) is 15.5 Å². The number of hydrogen-bond acceptors (Lipinski definition) is 3. The minimum absolute atomic E-state index is 0. The fraction of sp³-hybridized carbons (Fsp3) is 0.947. The molecule has 1 aliphatic carbocycles. The number of hydrogen-bond donors (Lipinski definition) is 3. The Kier molecular flexibility index (Phi) is 12.1. The van der Waals surface area contributed by atoms with Gasteiger partial charge in [0.1, 0.15) is 0 Å². The molecule has 1 heterocycles. The van der Waals surface area contributed by atoms with E-state index in [2.05, 4.69) is 29.4 Å². The Morgan fingerprint density at radius 1 is 1.16 bits per heavy atom. The zero-order valence-corrected chi connectivity index (χ0v) is 18.5. The number of halogens is 1. The lowest BCUT2D eigenvalue weighted by molar-refractivity contribution is 0.120. The average Bonchev–Trinajstić information content (AvgIpc) is 2.57. The summed E-state index contributed by atoms with van der Waals surface area (Å²) in [5.41, 5.74) is 0. The molecular formula is C19H39IN4O. The van der Waals surface area contributed by atoms with Crippen molar-refractivity contribution in [2.75, 3.05) is 32.7 Å². The molecular weight excluding hydrogens is 427 g/mol. The van der Waals surface area contributed by atoms with E-state index in [1.54, 1.807) is 0 Å². The van der Waals surface area contributed by atoms with Crippen LogP contribution in [0, 0.1) is 5.92 Å². The maximum atomic E-state index is 9.61. The molecule has 2 rings (SSSR count). The van der Waals surface area contributed by atoms with Crippen LogP contribution in [0.5, 0.6) is 0 Å². The lowest BCUT2D eigenvalue weighted by Gasteiger charge is -2.30. The van der Waals surface area contributed by atoms with Crippen molar-refractivity contribution in [3.05, 3.63) is 0 Å². The van der Waals surface area contributed by atoms with Crippen molar-refractivity contribution in [2.24, 2.45) is 10.9 Å². The Bertz CT molecular complexity index is 372. The van der Waals surface area contributed by atoms with Crippen LogP contribution in [0.25, 0.3) is 0 Å². The van der Waals surface area contributed by atoms with Gasteiger partial charge in [-0.25, -0.2) is 0 Å². The highest BCUT2D eigenvalue weighted by molar-refractivity contribution is 14.0. The Morgan fingerprint density at radius 2 is 1.92 bits per heavy atom. The molecule has 2 aliphatic rings. The van der Waals surface area contributed by atoms with Crippen LogP contribution in [0.4, 0.5) is 0 Å². The summed E-state index contributed by atoms with van der Waals surface area (Å²) < 4.78 is 0. The topological polar surface area (TPSA) is 59.9 Å². The van der Waals surface area contributed by atoms with E-state index < -0.39 is 0 Å². The van der Waals surface area contributed by atoms with Crippen LogP contribution in [-0.2, 0) is 0 Å². The first-order valence-corrected chi connectivity index (χ1v) is 10.1. The summed E-state index contributed by atoms with van der Waals surface area (Å²) in [6, 6.07) is 0.459. The zero-order chi connectivity index (χ0) is 17.2. The summed E-state index contributed by atoms with van der Waals surface area (Å²) in [6.07, 6.45) is 8.96. The number of aliphatic hydroxyl groups excluding tert-OH is 1. The monoisotopic (exact) mass is 466 g/mol. The first kappa shape index (κ1) is 23.0. The predicted octanol–water partition coefficient (Wildman–Crippen LogP) is 2.98. The summed E-state index contributed by atoms with van der Waals surface area (Å²) in [4.78, 5) is 7.36. The van der Waals surface area contributed by atoms with Gasteiger partial charge in [-0.05, 0) is 77.3 Å². The van der Waals surface area contributed by atoms with Crippen LogP contribution in [0.2, 0.25) is 0 Å². The third-order valence-corrected chi connectivity index (χ3v) is 5.28. The van der Waals surface area contributed by atoms with Crippen LogP contribution in [0.3, 0.4) is 0 Å². The second kappa shape index (κ2) is 13.1. The van der Waals surface area contributed by atoms with Crippen LogP contribution >= 0.6 is 24.0 Å². The first-order chi connectivity index (χ1) is 11.7. The molecule has 3 N–H and O–H groups in total. The highest BCUT2D eigenvalue weighted by Gasteiger charge is 2.20. The molecule has 1 atom stereocenters. The minimum Gasteiger partial charge on any atom is -0.393 e. The smallest absolute Gasteiger partial charge is 0.191 e. The van der Waals surface area contributed by atoms with Gasteiger partial charge in [-0.1, -0.05) is 6.92 Å². The van der Waals surface area contributed by atoms with Crippen molar-refractivity contribution in [3.63, 3.8) is 0 Å². The summed E-state index contributed by atoms with van der Waals surface area (Å²) in [7, 11) is 0. The SMILES string of the molecule is CCNC(=NCCCCN1CCCC(C)C1)NC1CCC(O)CC1.I. The second-order valence-corrected chi connectivity index (χ2v) is 7.67. The normalized spacial score (nSPS) is 28.3. The lowest BCUT2D eigenvalue weighted by atomic mass is 9.93.